The lowest BCUT2D eigenvalue weighted by Crippen LogP contribution is -2.23. The fraction of sp³-hybridized carbons (Fsp3) is 0.200. The lowest BCUT2D eigenvalue weighted by molar-refractivity contribution is 0.0918. The average Bonchev–Trinajstić information content (AvgIpc) is 3.26. The Morgan fingerprint density at radius 2 is 2.19 bits per heavy atom. The highest BCUT2D eigenvalue weighted by atomic mass is 79.9. The van der Waals surface area contributed by atoms with E-state index >= 15 is 0 Å². The maximum absolute atomic E-state index is 12.3. The van der Waals surface area contributed by atoms with Gasteiger partial charge < -0.3 is 14.5 Å². The highest BCUT2D eigenvalue weighted by Crippen LogP contribution is 2.21. The van der Waals surface area contributed by atoms with Gasteiger partial charge in [0.05, 0.1) is 22.9 Å². The number of hydrogen-bond acceptors (Lipinski definition) is 4. The molecule has 0 aliphatic heterocycles. The number of para-hydroxylation sites is 1. The first-order valence-electron chi connectivity index (χ1n) is 8.43. The number of carbonyl (C=O) groups excluding carboxylic acids is 1. The first-order chi connectivity index (χ1) is 13.1. The first-order valence-corrected chi connectivity index (χ1v) is 9.22. The van der Waals surface area contributed by atoms with Crippen molar-refractivity contribution in [1.82, 2.24) is 15.1 Å². The van der Waals surface area contributed by atoms with Gasteiger partial charge in [-0.05, 0) is 46.1 Å². The smallest absolute Gasteiger partial charge is 0.287 e. The molecule has 1 aromatic carbocycles. The van der Waals surface area contributed by atoms with E-state index in [9.17, 15) is 4.79 Å². The Bertz CT molecular complexity index is 926. The normalized spacial score (nSPS) is 10.6. The Balaban J connectivity index is 1.58. The molecule has 0 aliphatic rings. The number of halogens is 1. The zero-order valence-electron chi connectivity index (χ0n) is 14.9. The summed E-state index contributed by atoms with van der Waals surface area (Å²) in [7, 11) is 1.82. The second kappa shape index (κ2) is 8.73. The van der Waals surface area contributed by atoms with Crippen molar-refractivity contribution in [3.8, 4) is 5.75 Å². The predicted octanol–water partition coefficient (Wildman–Crippen LogP) is 4.01. The van der Waals surface area contributed by atoms with Crippen molar-refractivity contribution in [2.45, 2.75) is 19.6 Å². The number of hydrogen-bond donors (Lipinski definition) is 1. The highest BCUT2D eigenvalue weighted by Gasteiger charge is 2.14. The molecule has 1 amide bonds. The molecule has 0 saturated heterocycles. The molecule has 2 heterocycles. The fourth-order valence-corrected chi connectivity index (χ4v) is 3.07. The summed E-state index contributed by atoms with van der Waals surface area (Å²) < 4.78 is 14.0. The van der Waals surface area contributed by atoms with Crippen LogP contribution in [-0.2, 0) is 26.6 Å². The largest absolute Gasteiger partial charge is 0.485 e. The molecule has 0 unspecified atom stereocenters. The Morgan fingerprint density at radius 1 is 1.37 bits per heavy atom. The second-order valence-electron chi connectivity index (χ2n) is 5.90. The van der Waals surface area contributed by atoms with E-state index in [2.05, 4.69) is 32.9 Å². The molecule has 3 rings (SSSR count). The van der Waals surface area contributed by atoms with Gasteiger partial charge in [0.1, 0.15) is 18.1 Å². The van der Waals surface area contributed by atoms with E-state index < -0.39 is 0 Å². The van der Waals surface area contributed by atoms with Gasteiger partial charge in [-0.25, -0.2) is 0 Å². The molecule has 140 valence electrons. The van der Waals surface area contributed by atoms with E-state index in [1.54, 1.807) is 23.0 Å². The van der Waals surface area contributed by atoms with Gasteiger partial charge in [0.15, 0.2) is 5.76 Å². The Morgan fingerprint density at radius 3 is 2.93 bits per heavy atom. The molecule has 6 nitrogen and oxygen atoms in total. The number of amides is 1. The van der Waals surface area contributed by atoms with Gasteiger partial charge in [0.2, 0.25) is 0 Å². The maximum atomic E-state index is 12.3. The van der Waals surface area contributed by atoms with Crippen molar-refractivity contribution in [2.75, 3.05) is 0 Å². The maximum Gasteiger partial charge on any atom is 0.287 e. The van der Waals surface area contributed by atoms with E-state index in [0.29, 0.717) is 12.3 Å². The van der Waals surface area contributed by atoms with Crippen LogP contribution in [0.1, 0.15) is 27.6 Å². The van der Waals surface area contributed by atoms with Crippen molar-refractivity contribution in [1.29, 1.82) is 0 Å². The van der Waals surface area contributed by atoms with Gasteiger partial charge in [-0.3, -0.25) is 9.48 Å². The summed E-state index contributed by atoms with van der Waals surface area (Å²) in [6.45, 7) is 4.35. The van der Waals surface area contributed by atoms with Crippen molar-refractivity contribution >= 4 is 21.8 Å². The number of carbonyl (C=O) groups is 1. The minimum atomic E-state index is -0.290. The minimum absolute atomic E-state index is 0.242. The van der Waals surface area contributed by atoms with Crippen molar-refractivity contribution in [3.63, 3.8) is 0 Å². The summed E-state index contributed by atoms with van der Waals surface area (Å²) in [5.41, 5.74) is 1.93. The Hall–Kier alpha value is -2.80. The molecule has 0 spiro atoms. The third-order valence-corrected chi connectivity index (χ3v) is 4.68. The van der Waals surface area contributed by atoms with E-state index in [1.807, 2.05) is 37.4 Å². The van der Waals surface area contributed by atoms with E-state index in [0.717, 1.165) is 27.9 Å². The van der Waals surface area contributed by atoms with Crippen LogP contribution in [0.2, 0.25) is 0 Å². The third-order valence-electron chi connectivity index (χ3n) is 4.02. The summed E-state index contributed by atoms with van der Waals surface area (Å²) in [5.74, 6) is 1.31. The van der Waals surface area contributed by atoms with Gasteiger partial charge in [-0.2, -0.15) is 5.10 Å². The summed E-state index contributed by atoms with van der Waals surface area (Å²) in [4.78, 5) is 12.3. The predicted molar refractivity (Wildman–Crippen MR) is 105 cm³/mol. The first kappa shape index (κ1) is 19.0. The van der Waals surface area contributed by atoms with Crippen LogP contribution < -0.4 is 10.1 Å². The molecule has 0 bridgehead atoms. The zero-order valence-corrected chi connectivity index (χ0v) is 16.5. The molecule has 27 heavy (non-hydrogen) atoms. The Labute approximate surface area is 166 Å². The van der Waals surface area contributed by atoms with Gasteiger partial charge in [-0.15, -0.1) is 6.58 Å². The van der Waals surface area contributed by atoms with Crippen LogP contribution in [0.3, 0.4) is 0 Å². The lowest BCUT2D eigenvalue weighted by Gasteiger charge is -2.09. The number of ether oxygens (including phenoxy) is 1. The van der Waals surface area contributed by atoms with Gasteiger partial charge in [0.25, 0.3) is 5.91 Å². The van der Waals surface area contributed by atoms with Crippen LogP contribution in [0, 0.1) is 0 Å². The molecular formula is C20H20BrN3O3. The van der Waals surface area contributed by atoms with E-state index in [-0.39, 0.29) is 18.3 Å². The van der Waals surface area contributed by atoms with Crippen LogP contribution in [0.5, 0.6) is 5.75 Å². The van der Waals surface area contributed by atoms with E-state index in [1.165, 1.54) is 0 Å². The second-order valence-corrected chi connectivity index (χ2v) is 6.75. The van der Waals surface area contributed by atoms with Crippen molar-refractivity contribution in [2.24, 2.45) is 7.05 Å². The molecule has 7 heteroatoms. The van der Waals surface area contributed by atoms with Gasteiger partial charge in [0, 0.05) is 7.05 Å². The molecule has 0 saturated carbocycles. The molecule has 0 atom stereocenters. The van der Waals surface area contributed by atoms with Crippen LogP contribution in [0.25, 0.3) is 0 Å². The molecule has 1 N–H and O–H groups in total. The monoisotopic (exact) mass is 429 g/mol. The highest BCUT2D eigenvalue weighted by molar-refractivity contribution is 9.10. The number of aryl methyl sites for hydroxylation is 1. The van der Waals surface area contributed by atoms with Crippen molar-refractivity contribution < 1.29 is 13.9 Å². The fourth-order valence-electron chi connectivity index (χ4n) is 2.58. The van der Waals surface area contributed by atoms with Crippen LogP contribution in [-0.4, -0.2) is 15.7 Å². The average molecular weight is 430 g/mol. The molecular weight excluding hydrogens is 410 g/mol. The van der Waals surface area contributed by atoms with Crippen molar-refractivity contribution in [3.05, 3.63) is 82.5 Å². The number of rotatable bonds is 8. The number of nitrogens with one attached hydrogen (secondary N) is 1. The molecule has 0 radical (unpaired) electrons. The molecule has 0 aliphatic carbocycles. The number of allylic oxidation sites excluding steroid dienone is 1. The van der Waals surface area contributed by atoms with Crippen LogP contribution >= 0.6 is 15.9 Å². The van der Waals surface area contributed by atoms with Gasteiger partial charge >= 0.3 is 0 Å². The summed E-state index contributed by atoms with van der Waals surface area (Å²) in [6.07, 6.45) is 4.25. The summed E-state index contributed by atoms with van der Waals surface area (Å²) in [6, 6.07) is 11.2. The lowest BCUT2D eigenvalue weighted by atomic mass is 10.1. The number of benzene rings is 1. The molecule has 2 aromatic heterocycles. The zero-order chi connectivity index (χ0) is 19.2. The molecule has 3 aromatic rings. The minimum Gasteiger partial charge on any atom is -0.485 e. The number of furan rings is 1. The standard InChI is InChI=1S/C20H20BrN3O3/c1-3-6-14-7-4-5-8-18(14)26-13-15-9-10-19(27-15)20(25)22-12-17-16(21)11-23-24(17)2/h3-5,7-11H,1,6,12-13H2,2H3,(H,22,25). The summed E-state index contributed by atoms with van der Waals surface area (Å²) in [5, 5.41) is 6.94. The number of nitrogens with zero attached hydrogens (tertiary/aromatic N) is 2. The van der Waals surface area contributed by atoms with Crippen LogP contribution in [0.15, 0.2) is 64.1 Å². The molecule has 0 fully saturated rings. The Kier molecular flexibility index (Phi) is 6.13. The third kappa shape index (κ3) is 4.68. The topological polar surface area (TPSA) is 69.3 Å². The van der Waals surface area contributed by atoms with Gasteiger partial charge in [-0.1, -0.05) is 24.3 Å². The quantitative estimate of drug-likeness (QED) is 0.549. The number of aromatic nitrogens is 2. The SMILES string of the molecule is C=CCc1ccccc1OCc1ccc(C(=O)NCc2c(Br)cnn2C)o1. The van der Waals surface area contributed by atoms with E-state index in [4.69, 9.17) is 9.15 Å². The van der Waals surface area contributed by atoms with Crippen LogP contribution in [0.4, 0.5) is 0 Å². The summed E-state index contributed by atoms with van der Waals surface area (Å²) >= 11 is 3.41.